The molecule has 0 bridgehead atoms. The van der Waals surface area contributed by atoms with Crippen molar-refractivity contribution in [3.05, 3.63) is 16.1 Å². The zero-order valence-corrected chi connectivity index (χ0v) is 9.38. The van der Waals surface area contributed by atoms with Crippen LogP contribution in [0.5, 0.6) is 0 Å². The maximum Gasteiger partial charge on any atom is 0.111 e. The number of nitrogens with zero attached hydrogens (tertiary/aromatic N) is 1. The van der Waals surface area contributed by atoms with Crippen molar-refractivity contribution in [3.63, 3.8) is 0 Å². The molecule has 2 nitrogen and oxygen atoms in total. The summed E-state index contributed by atoms with van der Waals surface area (Å²) >= 11 is 3.87. The summed E-state index contributed by atoms with van der Waals surface area (Å²) in [4.78, 5) is 5.85. The Balaban J connectivity index is 2.05. The van der Waals surface area contributed by atoms with E-state index in [9.17, 15) is 0 Å². The monoisotopic (exact) mass is 214 g/mol. The van der Waals surface area contributed by atoms with Crippen molar-refractivity contribution in [1.29, 1.82) is 0 Å². The number of hydrogen-bond acceptors (Lipinski definition) is 4. The average Bonchev–Trinajstić information content (AvgIpc) is 2.67. The van der Waals surface area contributed by atoms with E-state index in [0.717, 1.165) is 13.0 Å². The number of hydrogen-bond donors (Lipinski definition) is 1. The van der Waals surface area contributed by atoms with Crippen LogP contribution in [0.4, 0.5) is 0 Å². The molecular formula is C9H14N2S2. The van der Waals surface area contributed by atoms with E-state index < -0.39 is 0 Å². The van der Waals surface area contributed by atoms with Gasteiger partial charge in [0, 0.05) is 29.1 Å². The van der Waals surface area contributed by atoms with E-state index in [2.05, 4.69) is 17.2 Å². The summed E-state index contributed by atoms with van der Waals surface area (Å²) < 4.78 is 0. The summed E-state index contributed by atoms with van der Waals surface area (Å²) in [5, 5.41) is 4.77. The second-order valence-electron chi connectivity index (χ2n) is 3.10. The van der Waals surface area contributed by atoms with E-state index in [1.807, 2.05) is 29.3 Å². The highest BCUT2D eigenvalue weighted by Crippen LogP contribution is 2.25. The lowest BCUT2D eigenvalue weighted by Crippen LogP contribution is -2.30. The Morgan fingerprint density at radius 2 is 2.62 bits per heavy atom. The van der Waals surface area contributed by atoms with Crippen molar-refractivity contribution in [2.24, 2.45) is 0 Å². The number of nitrogens with one attached hydrogen (secondary N) is 1. The molecule has 0 aromatic carbocycles. The number of thioether (sulfide) groups is 1. The molecule has 1 aromatic heterocycles. The van der Waals surface area contributed by atoms with Crippen LogP contribution in [-0.4, -0.2) is 23.0 Å². The quantitative estimate of drug-likeness (QED) is 0.816. The third-order valence-corrected chi connectivity index (χ3v) is 4.46. The lowest BCUT2D eigenvalue weighted by Gasteiger charge is -2.20. The van der Waals surface area contributed by atoms with Gasteiger partial charge in [0.05, 0.1) is 6.04 Å². The smallest absolute Gasteiger partial charge is 0.111 e. The number of aromatic nitrogens is 1. The minimum absolute atomic E-state index is 0.504. The van der Waals surface area contributed by atoms with Gasteiger partial charge in [0.2, 0.25) is 0 Å². The first-order valence-electron chi connectivity index (χ1n) is 4.66. The average molecular weight is 214 g/mol. The van der Waals surface area contributed by atoms with Gasteiger partial charge in [0.15, 0.2) is 0 Å². The summed E-state index contributed by atoms with van der Waals surface area (Å²) in [5.74, 6) is 2.42. The molecule has 0 amide bonds. The second-order valence-corrected chi connectivity index (χ2v) is 5.40. The van der Waals surface area contributed by atoms with Crippen LogP contribution in [0.3, 0.4) is 0 Å². The molecule has 1 aliphatic heterocycles. The molecule has 0 spiro atoms. The molecule has 1 atom stereocenters. The van der Waals surface area contributed by atoms with Gasteiger partial charge in [0.25, 0.3) is 0 Å². The van der Waals surface area contributed by atoms with Gasteiger partial charge in [-0.3, -0.25) is 0 Å². The lowest BCUT2D eigenvalue weighted by atomic mass is 10.3. The number of aryl methyl sites for hydroxylation is 1. The van der Waals surface area contributed by atoms with Gasteiger partial charge >= 0.3 is 0 Å². The van der Waals surface area contributed by atoms with E-state index >= 15 is 0 Å². The first kappa shape index (κ1) is 9.49. The van der Waals surface area contributed by atoms with Crippen LogP contribution in [0, 0.1) is 0 Å². The number of thiazole rings is 1. The lowest BCUT2D eigenvalue weighted by molar-refractivity contribution is 0.592. The van der Waals surface area contributed by atoms with Crippen LogP contribution >= 0.6 is 23.1 Å². The fraction of sp³-hybridized carbons (Fsp3) is 0.667. The minimum Gasteiger partial charge on any atom is -0.306 e. The highest BCUT2D eigenvalue weighted by atomic mass is 32.2. The van der Waals surface area contributed by atoms with Crippen molar-refractivity contribution in [2.75, 3.05) is 18.1 Å². The molecule has 1 aliphatic rings. The largest absolute Gasteiger partial charge is 0.306 e. The van der Waals surface area contributed by atoms with Crippen LogP contribution < -0.4 is 5.32 Å². The van der Waals surface area contributed by atoms with E-state index in [4.69, 9.17) is 0 Å². The summed E-state index contributed by atoms with van der Waals surface area (Å²) in [6.45, 7) is 3.30. The Morgan fingerprint density at radius 1 is 1.69 bits per heavy atom. The molecule has 0 saturated carbocycles. The highest BCUT2D eigenvalue weighted by Gasteiger charge is 2.17. The van der Waals surface area contributed by atoms with Crippen molar-refractivity contribution in [2.45, 2.75) is 19.4 Å². The van der Waals surface area contributed by atoms with Gasteiger partial charge in [-0.25, -0.2) is 4.98 Å². The fourth-order valence-corrected chi connectivity index (χ4v) is 3.35. The van der Waals surface area contributed by atoms with E-state index in [1.165, 1.54) is 21.4 Å². The minimum atomic E-state index is 0.504. The molecular weight excluding hydrogens is 200 g/mol. The zero-order chi connectivity index (χ0) is 9.10. The van der Waals surface area contributed by atoms with Gasteiger partial charge in [-0.05, 0) is 6.42 Å². The van der Waals surface area contributed by atoms with Gasteiger partial charge in [0.1, 0.15) is 5.01 Å². The van der Waals surface area contributed by atoms with Gasteiger partial charge in [-0.15, -0.1) is 11.3 Å². The zero-order valence-electron chi connectivity index (χ0n) is 7.75. The van der Waals surface area contributed by atoms with E-state index in [-0.39, 0.29) is 0 Å². The summed E-state index contributed by atoms with van der Waals surface area (Å²) in [5.41, 5.74) is 0. The molecule has 1 aromatic rings. The third-order valence-electron chi connectivity index (χ3n) is 2.14. The van der Waals surface area contributed by atoms with E-state index in [1.54, 1.807) is 0 Å². The first-order chi connectivity index (χ1) is 6.40. The maximum absolute atomic E-state index is 4.45. The predicted molar refractivity (Wildman–Crippen MR) is 59.6 cm³/mol. The molecule has 1 N–H and O–H groups in total. The second kappa shape index (κ2) is 4.44. The molecule has 4 heteroatoms. The molecule has 1 saturated heterocycles. The van der Waals surface area contributed by atoms with Gasteiger partial charge < -0.3 is 5.32 Å². The first-order valence-corrected chi connectivity index (χ1v) is 6.63. The molecule has 0 radical (unpaired) electrons. The standard InChI is InChI=1S/C9H14N2S2/c1-2-7-5-11-9(13-7)8-6-12-4-3-10-8/h5,8,10H,2-4,6H2,1H3. The summed E-state index contributed by atoms with van der Waals surface area (Å²) in [6.07, 6.45) is 3.12. The Labute approximate surface area is 87.1 Å². The number of rotatable bonds is 2. The normalized spacial score (nSPS) is 23.3. The van der Waals surface area contributed by atoms with E-state index in [0.29, 0.717) is 6.04 Å². The van der Waals surface area contributed by atoms with Crippen LogP contribution in [0.2, 0.25) is 0 Å². The summed E-state index contributed by atoms with van der Waals surface area (Å²) in [7, 11) is 0. The van der Waals surface area contributed by atoms with Crippen LogP contribution in [0.15, 0.2) is 6.20 Å². The predicted octanol–water partition coefficient (Wildman–Crippen LogP) is 2.08. The van der Waals surface area contributed by atoms with Crippen molar-refractivity contribution < 1.29 is 0 Å². The molecule has 0 aliphatic carbocycles. The molecule has 1 unspecified atom stereocenters. The molecule has 13 heavy (non-hydrogen) atoms. The Hall–Kier alpha value is -0.0600. The molecule has 1 fully saturated rings. The third kappa shape index (κ3) is 2.24. The van der Waals surface area contributed by atoms with Crippen molar-refractivity contribution in [3.8, 4) is 0 Å². The topological polar surface area (TPSA) is 24.9 Å². The Morgan fingerprint density at radius 3 is 3.23 bits per heavy atom. The highest BCUT2D eigenvalue weighted by molar-refractivity contribution is 7.99. The van der Waals surface area contributed by atoms with Gasteiger partial charge in [-0.2, -0.15) is 11.8 Å². The maximum atomic E-state index is 4.45. The van der Waals surface area contributed by atoms with Crippen LogP contribution in [0.25, 0.3) is 0 Å². The molecule has 2 heterocycles. The Kier molecular flexibility index (Phi) is 3.24. The van der Waals surface area contributed by atoms with Crippen molar-refractivity contribution in [1.82, 2.24) is 10.3 Å². The van der Waals surface area contributed by atoms with Crippen molar-refractivity contribution >= 4 is 23.1 Å². The van der Waals surface area contributed by atoms with Crippen LogP contribution in [0.1, 0.15) is 22.9 Å². The van der Waals surface area contributed by atoms with Gasteiger partial charge in [-0.1, -0.05) is 6.92 Å². The molecule has 2 rings (SSSR count). The Bertz CT molecular complexity index is 266. The van der Waals surface area contributed by atoms with Crippen LogP contribution in [-0.2, 0) is 6.42 Å². The SMILES string of the molecule is CCc1cnc(C2CSCCN2)s1. The fourth-order valence-electron chi connectivity index (χ4n) is 1.37. The summed E-state index contributed by atoms with van der Waals surface area (Å²) in [6, 6.07) is 0.504. The molecule has 72 valence electrons.